The van der Waals surface area contributed by atoms with Crippen LogP contribution in [0, 0.1) is 0 Å². The van der Waals surface area contributed by atoms with Crippen LogP contribution < -0.4 is 9.80 Å². The van der Waals surface area contributed by atoms with E-state index < -0.39 is 5.41 Å². The Morgan fingerprint density at radius 1 is 0.333 bits per heavy atom. The maximum atomic E-state index is 2.73. The number of benzene rings is 8. The van der Waals surface area contributed by atoms with Gasteiger partial charge in [0.2, 0.25) is 0 Å². The Kier molecular flexibility index (Phi) is 9.82. The third-order valence-corrected chi connectivity index (χ3v) is 20.9. The van der Waals surface area contributed by atoms with Gasteiger partial charge in [0, 0.05) is 33.6 Å². The molecular formula is C73H74N2. The van der Waals surface area contributed by atoms with E-state index in [1.54, 1.807) is 0 Å². The molecule has 0 bridgehead atoms. The van der Waals surface area contributed by atoms with Crippen molar-refractivity contribution in [3.63, 3.8) is 0 Å². The monoisotopic (exact) mass is 979 g/mol. The van der Waals surface area contributed by atoms with E-state index in [1.807, 2.05) is 0 Å². The lowest BCUT2D eigenvalue weighted by atomic mass is 9.61. The Labute approximate surface area is 447 Å². The summed E-state index contributed by atoms with van der Waals surface area (Å²) in [5, 5.41) is 0. The van der Waals surface area contributed by atoms with Crippen molar-refractivity contribution in [2.24, 2.45) is 0 Å². The van der Waals surface area contributed by atoms with E-state index in [1.165, 1.54) is 163 Å². The lowest BCUT2D eigenvalue weighted by molar-refractivity contribution is 0.195. The molecule has 8 aromatic rings. The first-order chi connectivity index (χ1) is 35.9. The van der Waals surface area contributed by atoms with Crippen molar-refractivity contribution in [1.82, 2.24) is 0 Å². The normalized spacial score (nSPS) is 24.5. The number of anilines is 4. The molecule has 2 heterocycles. The zero-order valence-electron chi connectivity index (χ0n) is 46.2. The van der Waals surface area contributed by atoms with Gasteiger partial charge in [-0.1, -0.05) is 190 Å². The average Bonchev–Trinajstić information content (AvgIpc) is 4.12. The predicted molar refractivity (Wildman–Crippen MR) is 317 cm³/mol. The lowest BCUT2D eigenvalue weighted by Crippen LogP contribution is -2.54. The van der Waals surface area contributed by atoms with Crippen LogP contribution in [0.4, 0.5) is 22.7 Å². The molecule has 4 aliphatic carbocycles. The van der Waals surface area contributed by atoms with Gasteiger partial charge in [0.15, 0.2) is 0 Å². The Morgan fingerprint density at radius 2 is 0.667 bits per heavy atom. The molecule has 2 heteroatoms. The Bertz CT molecular complexity index is 3410. The number of fused-ring (bicyclic) bond motifs is 16. The molecule has 8 aromatic carbocycles. The second-order valence-electron chi connectivity index (χ2n) is 26.7. The van der Waals surface area contributed by atoms with Crippen LogP contribution in [0.25, 0.3) is 44.5 Å². The molecule has 2 fully saturated rings. The first-order valence-corrected chi connectivity index (χ1v) is 28.5. The Balaban J connectivity index is 0.912. The fourth-order valence-corrected chi connectivity index (χ4v) is 16.4. The second kappa shape index (κ2) is 15.7. The van der Waals surface area contributed by atoms with Crippen LogP contribution in [0.2, 0.25) is 0 Å². The molecule has 0 aromatic heterocycles. The number of hydrogen-bond acceptors (Lipinski definition) is 2. The highest BCUT2D eigenvalue weighted by Crippen LogP contribution is 2.66. The summed E-state index contributed by atoms with van der Waals surface area (Å²) in [6.07, 6.45) is 9.82. The van der Waals surface area contributed by atoms with Gasteiger partial charge in [0.1, 0.15) is 0 Å². The highest BCUT2D eigenvalue weighted by atomic mass is 15.3. The highest BCUT2D eigenvalue weighted by molar-refractivity contribution is 5.97. The third kappa shape index (κ3) is 6.20. The van der Waals surface area contributed by atoms with E-state index in [0.717, 1.165) is 0 Å². The zero-order chi connectivity index (χ0) is 51.7. The first-order valence-electron chi connectivity index (χ1n) is 28.5. The van der Waals surface area contributed by atoms with Crippen LogP contribution in [-0.4, -0.2) is 11.1 Å². The summed E-state index contributed by atoms with van der Waals surface area (Å²) in [5.74, 6) is 0. The van der Waals surface area contributed by atoms with Gasteiger partial charge in [-0.15, -0.1) is 0 Å². The standard InChI is InChI=1S/C73H74N2/c1-67(2,3)51-27-31-53(32-28-51)74-65-37-25-49(45-63(65)69(7)39-15-17-41-71(69,74)9)47-23-35-57-58-36-24-48(44-62(58)73(61(57)43-47)59-21-13-11-19-55(59)56-20-12-14-22-60(56)73)50-26-38-66-64(46-50)70(8)40-16-18-42-72(70,10)75(66)54-33-29-52(30-34-54)68(4,5)6/h11-14,19-38,43-46H,15-18,39-42H2,1-10H3. The van der Waals surface area contributed by atoms with Crippen LogP contribution in [0.5, 0.6) is 0 Å². The predicted octanol–water partition coefficient (Wildman–Crippen LogP) is 19.4. The largest absolute Gasteiger partial charge is 0.334 e. The SMILES string of the molecule is CC(C)(C)c1ccc(N2c3ccc(-c4ccc5c(c4)C4(c6ccccc6-c6ccccc64)c4cc(-c6ccc7c(c6)C6(C)CCCCC6(C)N7c6ccc(C(C)(C)C)cc6)ccc4-5)cc3C3(C)CCCCC23C)cc1. The van der Waals surface area contributed by atoms with Crippen molar-refractivity contribution in [3.8, 4) is 44.5 Å². The van der Waals surface area contributed by atoms with E-state index in [2.05, 4.69) is 249 Å². The van der Waals surface area contributed by atoms with Gasteiger partial charge >= 0.3 is 0 Å². The number of nitrogens with zero attached hydrogens (tertiary/aromatic N) is 2. The van der Waals surface area contributed by atoms with Crippen molar-refractivity contribution in [1.29, 1.82) is 0 Å². The maximum absolute atomic E-state index is 2.73. The molecule has 0 amide bonds. The van der Waals surface area contributed by atoms with Crippen LogP contribution in [0.1, 0.15) is 165 Å². The van der Waals surface area contributed by atoms with E-state index >= 15 is 0 Å². The molecule has 4 unspecified atom stereocenters. The second-order valence-corrected chi connectivity index (χ2v) is 26.7. The van der Waals surface area contributed by atoms with Crippen LogP contribution >= 0.6 is 0 Å². The van der Waals surface area contributed by atoms with Gasteiger partial charge in [-0.05, 0) is 200 Å². The highest BCUT2D eigenvalue weighted by Gasteiger charge is 2.59. The molecule has 6 aliphatic rings. The quantitative estimate of drug-likeness (QED) is 0.173. The molecular weight excluding hydrogens is 905 g/mol. The summed E-state index contributed by atoms with van der Waals surface area (Å²) in [4.78, 5) is 5.46. The number of hydrogen-bond donors (Lipinski definition) is 0. The molecule has 376 valence electrons. The minimum Gasteiger partial charge on any atom is -0.334 e. The molecule has 2 aliphatic heterocycles. The van der Waals surface area contributed by atoms with Crippen LogP contribution in [0.15, 0.2) is 170 Å². The molecule has 2 nitrogen and oxygen atoms in total. The average molecular weight is 979 g/mol. The summed E-state index contributed by atoms with van der Waals surface area (Å²) >= 11 is 0. The van der Waals surface area contributed by atoms with Gasteiger partial charge in [-0.3, -0.25) is 0 Å². The zero-order valence-corrected chi connectivity index (χ0v) is 46.2. The van der Waals surface area contributed by atoms with E-state index in [0.29, 0.717) is 0 Å². The van der Waals surface area contributed by atoms with Crippen molar-refractivity contribution >= 4 is 22.7 Å². The van der Waals surface area contributed by atoms with Gasteiger partial charge in [-0.25, -0.2) is 0 Å². The van der Waals surface area contributed by atoms with Gasteiger partial charge in [0.05, 0.1) is 16.5 Å². The summed E-state index contributed by atoms with van der Waals surface area (Å²) in [6, 6.07) is 67.6. The molecule has 1 spiro atoms. The lowest BCUT2D eigenvalue weighted by Gasteiger charge is -2.50. The number of rotatable bonds is 4. The molecule has 0 radical (unpaired) electrons. The fraction of sp³-hybridized carbons (Fsp3) is 0.342. The van der Waals surface area contributed by atoms with E-state index in [9.17, 15) is 0 Å². The van der Waals surface area contributed by atoms with Gasteiger partial charge < -0.3 is 9.80 Å². The van der Waals surface area contributed by atoms with Crippen LogP contribution in [0.3, 0.4) is 0 Å². The van der Waals surface area contributed by atoms with Crippen molar-refractivity contribution in [3.05, 3.63) is 214 Å². The fourth-order valence-electron chi connectivity index (χ4n) is 16.4. The topological polar surface area (TPSA) is 6.48 Å². The Hall–Kier alpha value is -6.64. The van der Waals surface area contributed by atoms with Crippen molar-refractivity contribution < 1.29 is 0 Å². The summed E-state index contributed by atoms with van der Waals surface area (Å²) in [7, 11) is 0. The molecule has 75 heavy (non-hydrogen) atoms. The van der Waals surface area contributed by atoms with Gasteiger partial charge in [0.25, 0.3) is 0 Å². The first kappa shape index (κ1) is 46.9. The van der Waals surface area contributed by atoms with E-state index in [-0.39, 0.29) is 32.7 Å². The minimum atomic E-state index is -0.467. The molecule has 14 rings (SSSR count). The molecule has 0 saturated heterocycles. The summed E-state index contributed by atoms with van der Waals surface area (Å²) in [6.45, 7) is 24.2. The summed E-state index contributed by atoms with van der Waals surface area (Å²) in [5.41, 5.74) is 27.1. The molecule has 2 saturated carbocycles. The maximum Gasteiger partial charge on any atom is 0.0725 e. The summed E-state index contributed by atoms with van der Waals surface area (Å²) < 4.78 is 0. The van der Waals surface area contributed by atoms with E-state index in [4.69, 9.17) is 0 Å². The van der Waals surface area contributed by atoms with Crippen molar-refractivity contribution in [2.75, 3.05) is 9.80 Å². The Morgan fingerprint density at radius 3 is 1.05 bits per heavy atom. The third-order valence-electron chi connectivity index (χ3n) is 20.9. The molecule has 0 N–H and O–H groups in total. The van der Waals surface area contributed by atoms with Gasteiger partial charge in [-0.2, -0.15) is 0 Å². The van der Waals surface area contributed by atoms with Crippen LogP contribution in [-0.2, 0) is 27.1 Å². The smallest absolute Gasteiger partial charge is 0.0725 e. The van der Waals surface area contributed by atoms with Crippen molar-refractivity contribution in [2.45, 2.75) is 159 Å². The minimum absolute atomic E-state index is 0.0154. The molecule has 4 atom stereocenters.